The summed E-state index contributed by atoms with van der Waals surface area (Å²) in [5.41, 5.74) is 4.21. The molecule has 2 heterocycles. The molecule has 1 aliphatic rings. The van der Waals surface area contributed by atoms with Gasteiger partial charge in [0.05, 0.1) is 18.8 Å². The summed E-state index contributed by atoms with van der Waals surface area (Å²) in [6.45, 7) is 6.03. The highest BCUT2D eigenvalue weighted by molar-refractivity contribution is 6.09. The minimum Gasteiger partial charge on any atom is -0.378 e. The van der Waals surface area contributed by atoms with E-state index in [0.717, 1.165) is 27.7 Å². The van der Waals surface area contributed by atoms with Gasteiger partial charge in [0.25, 0.3) is 5.91 Å². The molecule has 3 aromatic rings. The fourth-order valence-electron chi connectivity index (χ4n) is 3.94. The number of ketones is 1. The maximum absolute atomic E-state index is 13.3. The molecule has 1 aliphatic heterocycles. The van der Waals surface area contributed by atoms with Crippen LogP contribution in [0.25, 0.3) is 10.9 Å². The highest BCUT2D eigenvalue weighted by atomic mass is 16.5. The number of aromatic amines is 1. The van der Waals surface area contributed by atoms with Gasteiger partial charge in [-0.1, -0.05) is 6.07 Å². The Morgan fingerprint density at radius 1 is 1.10 bits per heavy atom. The molecule has 0 unspecified atom stereocenters. The Hall–Kier alpha value is -3.45. The molecule has 0 saturated carbocycles. The number of Topliss-reactive ketones (excluding diaryl/α,β-unsaturated/α-hetero) is 1. The zero-order chi connectivity index (χ0) is 22.0. The lowest BCUT2D eigenvalue weighted by Gasteiger charge is -2.30. The Kier molecular flexibility index (Phi) is 5.86. The van der Waals surface area contributed by atoms with Crippen molar-refractivity contribution in [2.75, 3.05) is 36.5 Å². The van der Waals surface area contributed by atoms with Gasteiger partial charge >= 0.3 is 0 Å². The maximum Gasteiger partial charge on any atom is 0.257 e. The van der Waals surface area contributed by atoms with Crippen LogP contribution in [-0.2, 0) is 16.0 Å². The number of morpholine rings is 1. The zero-order valence-electron chi connectivity index (χ0n) is 17.7. The molecule has 0 aliphatic carbocycles. The van der Waals surface area contributed by atoms with E-state index in [1.807, 2.05) is 25.1 Å². The third kappa shape index (κ3) is 4.67. The van der Waals surface area contributed by atoms with Gasteiger partial charge in [0.2, 0.25) is 5.56 Å². The van der Waals surface area contributed by atoms with Gasteiger partial charge in [-0.3, -0.25) is 14.4 Å². The number of fused-ring (bicyclic) bond motifs is 1. The van der Waals surface area contributed by atoms with E-state index in [9.17, 15) is 14.4 Å². The third-order valence-electron chi connectivity index (χ3n) is 5.42. The number of benzene rings is 2. The monoisotopic (exact) mass is 419 g/mol. The zero-order valence-corrected chi connectivity index (χ0v) is 17.7. The van der Waals surface area contributed by atoms with Crippen molar-refractivity contribution in [2.45, 2.75) is 20.3 Å². The van der Waals surface area contributed by atoms with E-state index in [4.69, 9.17) is 4.74 Å². The van der Waals surface area contributed by atoms with Crippen molar-refractivity contribution in [3.8, 4) is 0 Å². The van der Waals surface area contributed by atoms with Gasteiger partial charge in [-0.15, -0.1) is 0 Å². The number of hydrogen-bond donors (Lipinski definition) is 2. The van der Waals surface area contributed by atoms with Gasteiger partial charge < -0.3 is 19.9 Å². The van der Waals surface area contributed by atoms with Crippen molar-refractivity contribution in [1.82, 2.24) is 4.98 Å². The topological polar surface area (TPSA) is 91.5 Å². The van der Waals surface area contributed by atoms with Crippen LogP contribution in [0.15, 0.2) is 47.3 Å². The summed E-state index contributed by atoms with van der Waals surface area (Å²) in [4.78, 5) is 41.5. The van der Waals surface area contributed by atoms with Gasteiger partial charge in [0, 0.05) is 47.9 Å². The number of H-pyrrole nitrogens is 1. The second-order valence-electron chi connectivity index (χ2n) is 7.86. The number of carbonyl (C=O) groups is 2. The van der Waals surface area contributed by atoms with Gasteiger partial charge in [-0.25, -0.2) is 0 Å². The number of aromatic nitrogens is 1. The van der Waals surface area contributed by atoms with E-state index in [0.29, 0.717) is 37.6 Å². The second-order valence-corrected chi connectivity index (χ2v) is 7.86. The van der Waals surface area contributed by atoms with Crippen molar-refractivity contribution < 1.29 is 14.3 Å². The first-order valence-corrected chi connectivity index (χ1v) is 10.3. The fourth-order valence-corrected chi connectivity index (χ4v) is 3.94. The first kappa shape index (κ1) is 20.8. The van der Waals surface area contributed by atoms with Crippen LogP contribution in [0.4, 0.5) is 11.4 Å². The number of nitrogens with zero attached hydrogens (tertiary/aromatic N) is 1. The van der Waals surface area contributed by atoms with E-state index >= 15 is 0 Å². The first-order valence-electron chi connectivity index (χ1n) is 10.3. The predicted molar refractivity (Wildman–Crippen MR) is 121 cm³/mol. The van der Waals surface area contributed by atoms with Crippen LogP contribution in [-0.4, -0.2) is 43.0 Å². The normalized spacial score (nSPS) is 13.9. The predicted octanol–water partition coefficient (Wildman–Crippen LogP) is 3.06. The average molecular weight is 419 g/mol. The number of aryl methyl sites for hydroxylation is 1. The SMILES string of the molecule is CC(=O)Cc1ccc(N2CCOCC2)c(C(=O)Nc2ccc3[nH]c(=O)cc(C)c3c2)c1. The highest BCUT2D eigenvalue weighted by Gasteiger charge is 2.20. The minimum atomic E-state index is -0.242. The molecule has 1 aromatic heterocycles. The van der Waals surface area contributed by atoms with Crippen LogP contribution in [0.5, 0.6) is 0 Å². The van der Waals surface area contributed by atoms with Crippen molar-refractivity contribution in [3.63, 3.8) is 0 Å². The molecule has 1 amide bonds. The number of nitrogens with one attached hydrogen (secondary N) is 2. The molecule has 7 nitrogen and oxygen atoms in total. The van der Waals surface area contributed by atoms with Gasteiger partial charge in [0.1, 0.15) is 5.78 Å². The second kappa shape index (κ2) is 8.73. The summed E-state index contributed by atoms with van der Waals surface area (Å²) >= 11 is 0. The van der Waals surface area contributed by atoms with Crippen molar-refractivity contribution in [3.05, 3.63) is 69.5 Å². The molecule has 4 rings (SSSR count). The minimum absolute atomic E-state index is 0.0458. The summed E-state index contributed by atoms with van der Waals surface area (Å²) < 4.78 is 5.44. The van der Waals surface area contributed by atoms with Crippen LogP contribution in [0, 0.1) is 6.92 Å². The molecule has 0 atom stereocenters. The standard InChI is InChI=1S/C24H25N3O4/c1-15-11-23(29)26-21-5-4-18(14-19(15)21)25-24(30)20-13-17(12-16(2)28)3-6-22(20)27-7-9-31-10-8-27/h3-6,11,13-14H,7-10,12H2,1-2H3,(H,25,30)(H,26,29). The number of amides is 1. The molecule has 160 valence electrons. The average Bonchev–Trinajstić information content (AvgIpc) is 2.74. The lowest BCUT2D eigenvalue weighted by Crippen LogP contribution is -2.37. The van der Waals surface area contributed by atoms with Crippen LogP contribution < -0.4 is 15.8 Å². The van der Waals surface area contributed by atoms with Crippen molar-refractivity contribution in [2.24, 2.45) is 0 Å². The molecule has 0 radical (unpaired) electrons. The van der Waals surface area contributed by atoms with Crippen LogP contribution in [0.3, 0.4) is 0 Å². The lowest BCUT2D eigenvalue weighted by molar-refractivity contribution is -0.116. The summed E-state index contributed by atoms with van der Waals surface area (Å²) in [7, 11) is 0. The van der Waals surface area contributed by atoms with Crippen molar-refractivity contribution >= 4 is 34.0 Å². The smallest absolute Gasteiger partial charge is 0.257 e. The lowest BCUT2D eigenvalue weighted by atomic mass is 10.0. The van der Waals surface area contributed by atoms with Gasteiger partial charge in [-0.05, 0) is 55.3 Å². The molecule has 1 saturated heterocycles. The largest absolute Gasteiger partial charge is 0.378 e. The summed E-state index contributed by atoms with van der Waals surface area (Å²) in [6, 6.07) is 12.6. The summed E-state index contributed by atoms with van der Waals surface area (Å²) in [6.07, 6.45) is 0.284. The Balaban J connectivity index is 1.68. The number of pyridine rings is 1. The fraction of sp³-hybridized carbons (Fsp3) is 0.292. The Labute approximate surface area is 180 Å². The number of anilines is 2. The van der Waals surface area contributed by atoms with E-state index in [2.05, 4.69) is 15.2 Å². The van der Waals surface area contributed by atoms with E-state index in [1.165, 1.54) is 13.0 Å². The Bertz CT molecular complexity index is 1210. The molecule has 2 N–H and O–H groups in total. The van der Waals surface area contributed by atoms with Crippen LogP contribution in [0.2, 0.25) is 0 Å². The quantitative estimate of drug-likeness (QED) is 0.663. The van der Waals surface area contributed by atoms with Gasteiger partial charge in [0.15, 0.2) is 0 Å². The summed E-state index contributed by atoms with van der Waals surface area (Å²) in [5.74, 6) is -0.196. The van der Waals surface area contributed by atoms with E-state index < -0.39 is 0 Å². The molecule has 0 spiro atoms. The molecule has 2 aromatic carbocycles. The van der Waals surface area contributed by atoms with E-state index in [-0.39, 0.29) is 23.7 Å². The first-order chi connectivity index (χ1) is 14.9. The van der Waals surface area contributed by atoms with Crippen molar-refractivity contribution in [1.29, 1.82) is 0 Å². The summed E-state index contributed by atoms with van der Waals surface area (Å²) in [5, 5.41) is 3.85. The van der Waals surface area contributed by atoms with Gasteiger partial charge in [-0.2, -0.15) is 0 Å². The maximum atomic E-state index is 13.3. The molecule has 1 fully saturated rings. The van der Waals surface area contributed by atoms with E-state index in [1.54, 1.807) is 18.2 Å². The Morgan fingerprint density at radius 2 is 1.87 bits per heavy atom. The Morgan fingerprint density at radius 3 is 2.61 bits per heavy atom. The molecular formula is C24H25N3O4. The third-order valence-corrected chi connectivity index (χ3v) is 5.42. The van der Waals surface area contributed by atoms with Crippen LogP contribution in [0.1, 0.15) is 28.4 Å². The van der Waals surface area contributed by atoms with Crippen LogP contribution >= 0.6 is 0 Å². The molecular weight excluding hydrogens is 394 g/mol. The number of ether oxygens (including phenoxy) is 1. The number of rotatable bonds is 5. The highest BCUT2D eigenvalue weighted by Crippen LogP contribution is 2.26. The molecule has 0 bridgehead atoms. The number of hydrogen-bond acceptors (Lipinski definition) is 5. The number of carbonyl (C=O) groups excluding carboxylic acids is 2. The molecule has 7 heteroatoms. The molecule has 31 heavy (non-hydrogen) atoms.